The Hall–Kier alpha value is -2.95. The van der Waals surface area contributed by atoms with E-state index in [4.69, 9.17) is 14.2 Å². The maximum atomic E-state index is 12.5. The third-order valence-corrected chi connectivity index (χ3v) is 3.75. The molecular weight excluding hydrogens is 318 g/mol. The van der Waals surface area contributed by atoms with Crippen molar-refractivity contribution in [2.75, 3.05) is 26.6 Å². The van der Waals surface area contributed by atoms with Gasteiger partial charge in [-0.05, 0) is 55.3 Å². The lowest BCUT2D eigenvalue weighted by Crippen LogP contribution is -2.13. The summed E-state index contributed by atoms with van der Waals surface area (Å²) >= 11 is 0. The van der Waals surface area contributed by atoms with E-state index in [2.05, 4.69) is 5.32 Å². The molecule has 1 amide bonds. The summed E-state index contributed by atoms with van der Waals surface area (Å²) < 4.78 is 15.8. The summed E-state index contributed by atoms with van der Waals surface area (Å²) in [6.45, 7) is 3.72. The molecule has 0 spiro atoms. The molecule has 5 heteroatoms. The van der Waals surface area contributed by atoms with Crippen molar-refractivity contribution in [3.63, 3.8) is 0 Å². The fraction of sp³-hybridized carbons (Fsp3) is 0.250. The molecule has 1 N–H and O–H groups in total. The number of ether oxygens (including phenoxy) is 3. The molecule has 2 rings (SSSR count). The Morgan fingerprint density at radius 1 is 0.920 bits per heavy atom. The Bertz CT molecular complexity index is 796. The van der Waals surface area contributed by atoms with E-state index in [1.54, 1.807) is 40.4 Å². The van der Waals surface area contributed by atoms with Gasteiger partial charge in [0.25, 0.3) is 5.91 Å². The number of carbonyl (C=O) groups is 1. The first kappa shape index (κ1) is 18.4. The molecule has 0 aromatic heterocycles. The van der Waals surface area contributed by atoms with Crippen LogP contribution in [0.3, 0.4) is 0 Å². The van der Waals surface area contributed by atoms with Crippen molar-refractivity contribution in [3.8, 4) is 17.2 Å². The van der Waals surface area contributed by atoms with Crippen LogP contribution in [0.25, 0.3) is 6.08 Å². The van der Waals surface area contributed by atoms with Gasteiger partial charge in [0.1, 0.15) is 5.75 Å². The first-order valence-electron chi connectivity index (χ1n) is 7.84. The van der Waals surface area contributed by atoms with Crippen LogP contribution < -0.4 is 19.5 Å². The fourth-order valence-electron chi connectivity index (χ4n) is 2.40. The molecule has 0 fully saturated rings. The average Bonchev–Trinajstić information content (AvgIpc) is 2.61. The van der Waals surface area contributed by atoms with E-state index in [1.807, 2.05) is 37.3 Å². The maximum Gasteiger partial charge on any atom is 0.251 e. The average molecular weight is 341 g/mol. The van der Waals surface area contributed by atoms with E-state index < -0.39 is 0 Å². The summed E-state index contributed by atoms with van der Waals surface area (Å²) in [5.41, 5.74) is 3.10. The van der Waals surface area contributed by atoms with E-state index in [0.29, 0.717) is 28.5 Å². The van der Waals surface area contributed by atoms with Gasteiger partial charge in [0, 0.05) is 5.57 Å². The Kier molecular flexibility index (Phi) is 6.06. The van der Waals surface area contributed by atoms with Crippen LogP contribution in [0.2, 0.25) is 0 Å². The normalized spacial score (nSPS) is 11.0. The number of hydrogen-bond donors (Lipinski definition) is 1. The SMILES string of the molecule is COc1ccc(C)cc1NC(=O)/C(C)=C/c1ccc(OC)c(OC)c1. The standard InChI is InChI=1S/C20H23NO4/c1-13-6-8-17(23-3)16(10-13)21-20(22)14(2)11-15-7-9-18(24-4)19(12-15)25-5/h6-12H,1-5H3,(H,21,22)/b14-11+. The summed E-state index contributed by atoms with van der Waals surface area (Å²) in [7, 11) is 4.74. The minimum atomic E-state index is -0.196. The van der Waals surface area contributed by atoms with Crippen LogP contribution in [-0.4, -0.2) is 27.2 Å². The second-order valence-electron chi connectivity index (χ2n) is 5.60. The zero-order chi connectivity index (χ0) is 18.4. The summed E-state index contributed by atoms with van der Waals surface area (Å²) in [5, 5.41) is 2.89. The number of benzene rings is 2. The fourth-order valence-corrected chi connectivity index (χ4v) is 2.40. The van der Waals surface area contributed by atoms with Crippen molar-refractivity contribution in [1.82, 2.24) is 0 Å². The molecule has 0 heterocycles. The lowest BCUT2D eigenvalue weighted by atomic mass is 10.1. The number of anilines is 1. The lowest BCUT2D eigenvalue weighted by Gasteiger charge is -2.12. The Balaban J connectivity index is 2.22. The molecule has 0 aliphatic rings. The quantitative estimate of drug-likeness (QED) is 0.805. The van der Waals surface area contributed by atoms with E-state index in [0.717, 1.165) is 11.1 Å². The molecular formula is C20H23NO4. The minimum Gasteiger partial charge on any atom is -0.495 e. The van der Waals surface area contributed by atoms with Crippen molar-refractivity contribution in [3.05, 3.63) is 53.1 Å². The molecule has 0 aliphatic carbocycles. The van der Waals surface area contributed by atoms with Gasteiger partial charge >= 0.3 is 0 Å². The summed E-state index contributed by atoms with van der Waals surface area (Å²) in [5.74, 6) is 1.69. The van der Waals surface area contributed by atoms with Gasteiger partial charge in [0.05, 0.1) is 27.0 Å². The van der Waals surface area contributed by atoms with Crippen LogP contribution in [0.5, 0.6) is 17.2 Å². The van der Waals surface area contributed by atoms with Crippen molar-refractivity contribution in [1.29, 1.82) is 0 Å². The highest BCUT2D eigenvalue weighted by molar-refractivity contribution is 6.07. The van der Waals surface area contributed by atoms with Gasteiger partial charge in [-0.2, -0.15) is 0 Å². The molecule has 0 atom stereocenters. The highest BCUT2D eigenvalue weighted by atomic mass is 16.5. The highest BCUT2D eigenvalue weighted by Crippen LogP contribution is 2.29. The first-order valence-corrected chi connectivity index (χ1v) is 7.84. The smallest absolute Gasteiger partial charge is 0.251 e. The minimum absolute atomic E-state index is 0.196. The predicted octanol–water partition coefficient (Wildman–Crippen LogP) is 4.06. The zero-order valence-electron chi connectivity index (χ0n) is 15.2. The highest BCUT2D eigenvalue weighted by Gasteiger charge is 2.10. The van der Waals surface area contributed by atoms with Gasteiger partial charge in [-0.1, -0.05) is 12.1 Å². The third-order valence-electron chi connectivity index (χ3n) is 3.75. The van der Waals surface area contributed by atoms with Crippen LogP contribution in [-0.2, 0) is 4.79 Å². The van der Waals surface area contributed by atoms with Crippen LogP contribution in [0.4, 0.5) is 5.69 Å². The number of rotatable bonds is 6. The van der Waals surface area contributed by atoms with Gasteiger partial charge in [0.2, 0.25) is 0 Å². The number of amides is 1. The molecule has 2 aromatic carbocycles. The molecule has 0 radical (unpaired) electrons. The number of hydrogen-bond acceptors (Lipinski definition) is 4. The van der Waals surface area contributed by atoms with Gasteiger partial charge < -0.3 is 19.5 Å². The van der Waals surface area contributed by atoms with Crippen LogP contribution in [0.1, 0.15) is 18.1 Å². The van der Waals surface area contributed by atoms with Crippen molar-refractivity contribution in [2.45, 2.75) is 13.8 Å². The second kappa shape index (κ2) is 8.24. The van der Waals surface area contributed by atoms with Crippen LogP contribution in [0.15, 0.2) is 42.0 Å². The number of carbonyl (C=O) groups excluding carboxylic acids is 1. The largest absolute Gasteiger partial charge is 0.495 e. The molecule has 2 aromatic rings. The number of nitrogens with one attached hydrogen (secondary N) is 1. The maximum absolute atomic E-state index is 12.5. The summed E-state index contributed by atoms with van der Waals surface area (Å²) in [6, 6.07) is 11.1. The Morgan fingerprint density at radius 2 is 1.56 bits per heavy atom. The van der Waals surface area contributed by atoms with Gasteiger partial charge in [-0.3, -0.25) is 4.79 Å². The van der Waals surface area contributed by atoms with E-state index in [1.165, 1.54) is 0 Å². The van der Waals surface area contributed by atoms with Gasteiger partial charge in [0.15, 0.2) is 11.5 Å². The summed E-state index contributed by atoms with van der Waals surface area (Å²) in [4.78, 5) is 12.5. The monoisotopic (exact) mass is 341 g/mol. The van der Waals surface area contributed by atoms with Gasteiger partial charge in [-0.25, -0.2) is 0 Å². The van der Waals surface area contributed by atoms with Crippen LogP contribution in [0, 0.1) is 6.92 Å². The second-order valence-corrected chi connectivity index (χ2v) is 5.60. The zero-order valence-corrected chi connectivity index (χ0v) is 15.2. The van der Waals surface area contributed by atoms with Crippen molar-refractivity contribution >= 4 is 17.7 Å². The third kappa shape index (κ3) is 4.53. The number of methoxy groups -OCH3 is 3. The van der Waals surface area contributed by atoms with Crippen LogP contribution >= 0.6 is 0 Å². The van der Waals surface area contributed by atoms with E-state index in [9.17, 15) is 4.79 Å². The topological polar surface area (TPSA) is 56.8 Å². The van der Waals surface area contributed by atoms with Gasteiger partial charge in [-0.15, -0.1) is 0 Å². The Labute approximate surface area is 148 Å². The first-order chi connectivity index (χ1) is 12.0. The molecule has 0 saturated carbocycles. The van der Waals surface area contributed by atoms with E-state index in [-0.39, 0.29) is 5.91 Å². The molecule has 132 valence electrons. The molecule has 0 aliphatic heterocycles. The molecule has 0 unspecified atom stereocenters. The Morgan fingerprint density at radius 3 is 2.20 bits per heavy atom. The molecule has 5 nitrogen and oxygen atoms in total. The van der Waals surface area contributed by atoms with Crippen molar-refractivity contribution < 1.29 is 19.0 Å². The van der Waals surface area contributed by atoms with E-state index >= 15 is 0 Å². The molecule has 0 bridgehead atoms. The molecule has 25 heavy (non-hydrogen) atoms. The summed E-state index contributed by atoms with van der Waals surface area (Å²) in [6.07, 6.45) is 1.79. The van der Waals surface area contributed by atoms with Crippen molar-refractivity contribution in [2.24, 2.45) is 0 Å². The molecule has 0 saturated heterocycles. The predicted molar refractivity (Wildman–Crippen MR) is 99.6 cm³/mol. The number of aryl methyl sites for hydroxylation is 1. The lowest BCUT2D eigenvalue weighted by molar-refractivity contribution is -0.112.